The van der Waals surface area contributed by atoms with E-state index in [1.807, 2.05) is 25.1 Å². The number of benzene rings is 1. The fraction of sp³-hybridized carbons (Fsp3) is 0.831. The summed E-state index contributed by atoms with van der Waals surface area (Å²) >= 11 is 0. The Balaban J connectivity index is 1.62. The second-order valence-electron chi connectivity index (χ2n) is 28.3. The first-order valence-corrected chi connectivity index (χ1v) is 27.4. The van der Waals surface area contributed by atoms with E-state index in [1.165, 1.54) is 0 Å². The van der Waals surface area contributed by atoms with Crippen LogP contribution in [-0.2, 0) is 51.0 Å². The number of ether oxygens (including phenoxy) is 4. The predicted octanol–water partition coefficient (Wildman–Crippen LogP) is 10.8. The maximum absolute atomic E-state index is 15.4. The highest BCUT2D eigenvalue weighted by molar-refractivity contribution is 6.01. The van der Waals surface area contributed by atoms with Gasteiger partial charge in [0.1, 0.15) is 24.4 Å². The fourth-order valence-electron chi connectivity index (χ4n) is 14.0. The van der Waals surface area contributed by atoms with Crippen LogP contribution in [0.2, 0.25) is 0 Å². The average molecular weight is 993 g/mol. The second kappa shape index (κ2) is 21.3. The Labute approximate surface area is 430 Å². The smallest absolute Gasteiger partial charge is 0.324 e. The van der Waals surface area contributed by atoms with Crippen molar-refractivity contribution in [2.75, 3.05) is 0 Å². The van der Waals surface area contributed by atoms with Gasteiger partial charge in [-0.25, -0.2) is 0 Å². The van der Waals surface area contributed by atoms with Gasteiger partial charge in [-0.05, 0) is 160 Å². The molecular formula is C59H100N4O8. The third-order valence-electron chi connectivity index (χ3n) is 15.6. The highest BCUT2D eigenvalue weighted by Gasteiger charge is 2.55. The second-order valence-corrected chi connectivity index (χ2v) is 28.3. The van der Waals surface area contributed by atoms with Gasteiger partial charge in [-0.15, -0.1) is 0 Å². The third kappa shape index (κ3) is 15.7. The predicted molar refractivity (Wildman–Crippen MR) is 284 cm³/mol. The summed E-state index contributed by atoms with van der Waals surface area (Å²) in [5.74, 6) is -2.24. The Hall–Kier alpha value is -3.06. The lowest BCUT2D eigenvalue weighted by atomic mass is 9.73. The SMILES string of the molecule is CCCCC(Cc1ccc(C)c(CC(CCCC)(C(=O)OC2CC(C)(C)NC(C)(C)C2)C(=O)OC2CC(C)(C)NC(C)(C)C2)c1)(C(=O)OC1CC(C)(C)NC(C)(C)C1)C(=O)OC1CC(C)(C)NC(C)(C)C1. The van der Waals surface area contributed by atoms with Gasteiger partial charge in [-0.1, -0.05) is 57.7 Å². The molecule has 0 aliphatic carbocycles. The molecule has 0 aromatic heterocycles. The summed E-state index contributed by atoms with van der Waals surface area (Å²) in [6, 6.07) is 5.95. The molecule has 12 nitrogen and oxygen atoms in total. The van der Waals surface area contributed by atoms with Gasteiger partial charge in [0.25, 0.3) is 0 Å². The van der Waals surface area contributed by atoms with E-state index in [0.717, 1.165) is 29.5 Å². The molecule has 4 saturated heterocycles. The molecule has 0 amide bonds. The lowest BCUT2D eigenvalue weighted by molar-refractivity contribution is -0.185. The van der Waals surface area contributed by atoms with E-state index in [-0.39, 0.29) is 70.0 Å². The zero-order valence-corrected chi connectivity index (χ0v) is 48.1. The maximum Gasteiger partial charge on any atom is 0.324 e. The van der Waals surface area contributed by atoms with Gasteiger partial charge in [0.05, 0.1) is 0 Å². The van der Waals surface area contributed by atoms with Gasteiger partial charge in [0.2, 0.25) is 0 Å². The van der Waals surface area contributed by atoms with Gasteiger partial charge in [-0.2, -0.15) is 0 Å². The Bertz CT molecular complexity index is 1900. The van der Waals surface area contributed by atoms with E-state index in [1.54, 1.807) is 0 Å². The molecule has 0 bridgehead atoms. The molecule has 1 aromatic rings. The van der Waals surface area contributed by atoms with Gasteiger partial charge in [-0.3, -0.25) is 19.2 Å². The number of hydrogen-bond donors (Lipinski definition) is 4. The summed E-state index contributed by atoms with van der Waals surface area (Å²) in [7, 11) is 0. The van der Waals surface area contributed by atoms with Crippen LogP contribution in [0, 0.1) is 17.8 Å². The van der Waals surface area contributed by atoms with Crippen LogP contribution in [0.4, 0.5) is 0 Å². The maximum atomic E-state index is 15.4. The van der Waals surface area contributed by atoms with Crippen LogP contribution in [0.25, 0.3) is 0 Å². The zero-order chi connectivity index (χ0) is 53.4. The van der Waals surface area contributed by atoms with Crippen molar-refractivity contribution in [2.24, 2.45) is 10.8 Å². The van der Waals surface area contributed by atoms with Crippen LogP contribution in [-0.4, -0.2) is 92.6 Å². The minimum Gasteiger partial charge on any atom is -0.461 e. The molecule has 4 fully saturated rings. The summed E-state index contributed by atoms with van der Waals surface area (Å²) in [5.41, 5.74) is -3.38. The van der Waals surface area contributed by atoms with Crippen LogP contribution in [0.1, 0.15) is 231 Å². The van der Waals surface area contributed by atoms with E-state index in [2.05, 4.69) is 146 Å². The van der Waals surface area contributed by atoms with E-state index in [4.69, 9.17) is 18.9 Å². The molecule has 12 heteroatoms. The van der Waals surface area contributed by atoms with E-state index in [9.17, 15) is 0 Å². The van der Waals surface area contributed by atoms with Crippen molar-refractivity contribution in [3.8, 4) is 0 Å². The van der Waals surface area contributed by atoms with Crippen molar-refractivity contribution in [1.29, 1.82) is 0 Å². The summed E-state index contributed by atoms with van der Waals surface area (Å²) in [6.45, 7) is 40.1. The van der Waals surface area contributed by atoms with Crippen molar-refractivity contribution in [3.63, 3.8) is 0 Å². The molecule has 5 rings (SSSR count). The normalized spacial score (nSPS) is 24.1. The molecular weight excluding hydrogens is 893 g/mol. The number of hydrogen-bond acceptors (Lipinski definition) is 12. The van der Waals surface area contributed by atoms with Crippen LogP contribution in [0.5, 0.6) is 0 Å². The number of aryl methyl sites for hydroxylation is 1. The number of piperidine rings is 4. The Morgan fingerprint density at radius 1 is 0.451 bits per heavy atom. The molecule has 0 radical (unpaired) electrons. The number of esters is 4. The molecule has 0 spiro atoms. The van der Waals surface area contributed by atoms with Gasteiger partial charge in [0.15, 0.2) is 10.8 Å². The summed E-state index contributed by atoms with van der Waals surface area (Å²) in [6.07, 6.45) is 6.33. The van der Waals surface area contributed by atoms with Crippen molar-refractivity contribution in [3.05, 3.63) is 34.9 Å². The molecule has 0 saturated carbocycles. The quantitative estimate of drug-likeness (QED) is 0.0629. The zero-order valence-electron chi connectivity index (χ0n) is 48.1. The van der Waals surface area contributed by atoms with Crippen LogP contribution >= 0.6 is 0 Å². The monoisotopic (exact) mass is 993 g/mol. The first-order valence-electron chi connectivity index (χ1n) is 27.4. The first-order chi connectivity index (χ1) is 32.3. The molecule has 0 unspecified atom stereocenters. The van der Waals surface area contributed by atoms with Gasteiger partial charge in [0, 0.05) is 95.7 Å². The number of unbranched alkanes of at least 4 members (excludes halogenated alkanes) is 2. The van der Waals surface area contributed by atoms with Crippen molar-refractivity contribution >= 4 is 23.9 Å². The molecule has 4 aliphatic rings. The van der Waals surface area contributed by atoms with Crippen molar-refractivity contribution in [2.45, 2.75) is 303 Å². The summed E-state index contributed by atoms with van der Waals surface area (Å²) in [4.78, 5) is 61.5. The largest absolute Gasteiger partial charge is 0.461 e. The fourth-order valence-corrected chi connectivity index (χ4v) is 14.0. The summed E-state index contributed by atoms with van der Waals surface area (Å²) < 4.78 is 26.5. The Kier molecular flexibility index (Phi) is 17.6. The number of rotatable bonds is 18. The molecule has 71 heavy (non-hydrogen) atoms. The van der Waals surface area contributed by atoms with E-state index >= 15 is 19.2 Å². The molecule has 4 aliphatic heterocycles. The molecule has 0 atom stereocenters. The average Bonchev–Trinajstić information content (AvgIpc) is 3.14. The van der Waals surface area contributed by atoms with Crippen molar-refractivity contribution in [1.82, 2.24) is 21.3 Å². The van der Waals surface area contributed by atoms with E-state index < -0.39 is 59.1 Å². The lowest BCUT2D eigenvalue weighted by Gasteiger charge is -2.47. The molecule has 4 heterocycles. The topological polar surface area (TPSA) is 153 Å². The third-order valence-corrected chi connectivity index (χ3v) is 15.6. The van der Waals surface area contributed by atoms with Crippen LogP contribution in [0.15, 0.2) is 18.2 Å². The van der Waals surface area contributed by atoms with Gasteiger partial charge >= 0.3 is 23.9 Å². The highest BCUT2D eigenvalue weighted by Crippen LogP contribution is 2.43. The van der Waals surface area contributed by atoms with E-state index in [0.29, 0.717) is 64.2 Å². The van der Waals surface area contributed by atoms with Gasteiger partial charge < -0.3 is 40.2 Å². The standard InChI is InChI=1S/C59H100N4O8/c1-20-22-26-58(46(64)68-42-31-50(4,5)60-51(6,7)32-42,47(65)69-43-33-52(8,9)61-53(10,11)34-43)29-40-25-24-39(3)41(28-40)30-59(27-23-21-2,48(66)70-44-35-54(12,13)62-55(14,15)36-44)49(67)71-45-37-56(16,17)63-57(18,19)38-45/h24-25,28,42-45,60-63H,20-23,26-27,29-38H2,1-19H3. The number of nitrogens with one attached hydrogen (secondary N) is 4. The summed E-state index contributed by atoms with van der Waals surface area (Å²) in [5, 5.41) is 14.8. The van der Waals surface area contributed by atoms with Crippen molar-refractivity contribution < 1.29 is 38.1 Å². The molecule has 404 valence electrons. The Morgan fingerprint density at radius 2 is 0.704 bits per heavy atom. The lowest BCUT2D eigenvalue weighted by Crippen LogP contribution is -2.61. The Morgan fingerprint density at radius 3 is 0.958 bits per heavy atom. The minimum absolute atomic E-state index is 0.0305. The van der Waals surface area contributed by atoms with Crippen LogP contribution < -0.4 is 21.3 Å². The van der Waals surface area contributed by atoms with Crippen LogP contribution in [0.3, 0.4) is 0 Å². The highest BCUT2D eigenvalue weighted by atomic mass is 16.6. The minimum atomic E-state index is -1.67. The number of carbonyl (C=O) groups excluding carboxylic acids is 4. The molecule has 1 aromatic carbocycles. The first kappa shape index (κ1) is 58.8. The molecule has 4 N–H and O–H groups in total. The number of carbonyl (C=O) groups is 4.